The van der Waals surface area contributed by atoms with Gasteiger partial charge in [-0.1, -0.05) is 12.1 Å². The van der Waals surface area contributed by atoms with Gasteiger partial charge in [-0.15, -0.1) is 0 Å². The van der Waals surface area contributed by atoms with Crippen molar-refractivity contribution in [1.29, 1.82) is 0 Å². The summed E-state index contributed by atoms with van der Waals surface area (Å²) >= 11 is 0. The van der Waals surface area contributed by atoms with Crippen LogP contribution in [0.5, 0.6) is 5.75 Å². The normalized spacial score (nSPS) is 12.3. The number of rotatable bonds is 3. The van der Waals surface area contributed by atoms with E-state index in [1.165, 1.54) is 12.1 Å². The smallest absolute Gasteiger partial charge is 0.416 e. The Hall–Kier alpha value is -2.18. The van der Waals surface area contributed by atoms with Gasteiger partial charge in [-0.25, -0.2) is 0 Å². The molecule has 0 aromatic heterocycles. The highest BCUT2D eigenvalue weighted by Crippen LogP contribution is 2.31. The molecule has 0 aliphatic carbocycles. The third kappa shape index (κ3) is 4.16. The molecule has 0 saturated carbocycles. The summed E-state index contributed by atoms with van der Waals surface area (Å²) in [6.45, 7) is -0.171. The van der Waals surface area contributed by atoms with Crippen LogP contribution in [0, 0.1) is 0 Å². The van der Waals surface area contributed by atoms with Gasteiger partial charge in [-0.05, 0) is 42.0 Å². The summed E-state index contributed by atoms with van der Waals surface area (Å²) in [5.74, 6) is 0.144. The van der Waals surface area contributed by atoms with Crippen LogP contribution < -0.4 is 4.74 Å². The van der Waals surface area contributed by atoms with E-state index in [-0.39, 0.29) is 17.9 Å². The number of ether oxygens (including phenoxy) is 1. The molecule has 0 spiro atoms. The van der Waals surface area contributed by atoms with Crippen LogP contribution in [0.2, 0.25) is 0 Å². The molecule has 22 heavy (non-hydrogen) atoms. The van der Waals surface area contributed by atoms with Crippen molar-refractivity contribution in [3.8, 4) is 5.75 Å². The lowest BCUT2D eigenvalue weighted by atomic mass is 10.1. The Balaban J connectivity index is 2.04. The average Bonchev–Trinajstić information content (AvgIpc) is 2.44. The zero-order valence-corrected chi connectivity index (χ0v) is 11.0. The zero-order chi connectivity index (χ0) is 16.4. The van der Waals surface area contributed by atoms with Gasteiger partial charge in [-0.3, -0.25) is 0 Å². The number of benzene rings is 2. The lowest BCUT2D eigenvalue weighted by molar-refractivity contribution is -0.138. The predicted octanol–water partition coefficient (Wildman–Crippen LogP) is 5.30. The molecule has 2 aromatic rings. The van der Waals surface area contributed by atoms with Crippen LogP contribution >= 0.6 is 0 Å². The monoisotopic (exact) mass is 320 g/mol. The van der Waals surface area contributed by atoms with Gasteiger partial charge in [0.15, 0.2) is 0 Å². The molecule has 0 aliphatic rings. The summed E-state index contributed by atoms with van der Waals surface area (Å²) in [5.41, 5.74) is -1.35. The fourth-order valence-electron chi connectivity index (χ4n) is 1.74. The van der Waals surface area contributed by atoms with E-state index in [1.807, 2.05) is 0 Å². The topological polar surface area (TPSA) is 9.23 Å². The second-order valence-electron chi connectivity index (χ2n) is 4.51. The van der Waals surface area contributed by atoms with Gasteiger partial charge >= 0.3 is 12.4 Å². The van der Waals surface area contributed by atoms with Crippen LogP contribution in [0.3, 0.4) is 0 Å². The Kier molecular flexibility index (Phi) is 4.35. The Morgan fingerprint density at radius 3 is 1.86 bits per heavy atom. The van der Waals surface area contributed by atoms with E-state index in [4.69, 9.17) is 4.74 Å². The first kappa shape index (κ1) is 16.2. The zero-order valence-electron chi connectivity index (χ0n) is 11.0. The Morgan fingerprint density at radius 1 is 0.727 bits per heavy atom. The largest absolute Gasteiger partial charge is 0.489 e. The summed E-state index contributed by atoms with van der Waals surface area (Å²) in [6.07, 6.45) is -8.90. The van der Waals surface area contributed by atoms with Gasteiger partial charge in [0.1, 0.15) is 12.4 Å². The van der Waals surface area contributed by atoms with E-state index in [1.54, 1.807) is 0 Å². The fraction of sp³-hybridized carbons (Fsp3) is 0.200. The van der Waals surface area contributed by atoms with Crippen molar-refractivity contribution in [2.45, 2.75) is 19.0 Å². The molecule has 2 aromatic carbocycles. The number of alkyl halides is 6. The molecule has 0 bridgehead atoms. The number of hydrogen-bond donors (Lipinski definition) is 0. The van der Waals surface area contributed by atoms with Crippen molar-refractivity contribution in [3.63, 3.8) is 0 Å². The fourth-order valence-corrected chi connectivity index (χ4v) is 1.74. The van der Waals surface area contributed by atoms with E-state index >= 15 is 0 Å². The van der Waals surface area contributed by atoms with E-state index in [0.29, 0.717) is 0 Å². The molecule has 2 rings (SSSR count). The van der Waals surface area contributed by atoms with Crippen molar-refractivity contribution >= 4 is 0 Å². The van der Waals surface area contributed by atoms with Crippen molar-refractivity contribution in [3.05, 3.63) is 65.2 Å². The van der Waals surface area contributed by atoms with E-state index < -0.39 is 23.5 Å². The summed E-state index contributed by atoms with van der Waals surface area (Å²) in [5, 5.41) is 0. The first-order valence-corrected chi connectivity index (χ1v) is 6.12. The van der Waals surface area contributed by atoms with Gasteiger partial charge in [-0.2, -0.15) is 26.3 Å². The molecule has 7 heteroatoms. The van der Waals surface area contributed by atoms with E-state index in [9.17, 15) is 26.3 Å². The Labute approximate surface area is 122 Å². The molecule has 0 N–H and O–H groups in total. The quantitative estimate of drug-likeness (QED) is 0.697. The van der Waals surface area contributed by atoms with Crippen molar-refractivity contribution < 1.29 is 31.1 Å². The molecule has 118 valence electrons. The van der Waals surface area contributed by atoms with Gasteiger partial charge in [0, 0.05) is 0 Å². The second kappa shape index (κ2) is 5.90. The maximum atomic E-state index is 12.5. The van der Waals surface area contributed by atoms with Crippen molar-refractivity contribution in [1.82, 2.24) is 0 Å². The summed E-state index contributed by atoms with van der Waals surface area (Å²) in [4.78, 5) is 0. The van der Waals surface area contributed by atoms with Gasteiger partial charge in [0.2, 0.25) is 0 Å². The first-order valence-electron chi connectivity index (χ1n) is 6.12. The average molecular weight is 320 g/mol. The maximum Gasteiger partial charge on any atom is 0.416 e. The highest BCUT2D eigenvalue weighted by Gasteiger charge is 2.31. The van der Waals surface area contributed by atoms with Crippen LogP contribution in [0.25, 0.3) is 0 Å². The molecular formula is C15H10F6O. The molecule has 0 fully saturated rings. The number of halogens is 6. The summed E-state index contributed by atoms with van der Waals surface area (Å²) < 4.78 is 80.0. The molecule has 0 unspecified atom stereocenters. The molecule has 0 saturated heterocycles. The predicted molar refractivity (Wildman–Crippen MR) is 67.2 cm³/mol. The minimum Gasteiger partial charge on any atom is -0.489 e. The van der Waals surface area contributed by atoms with Crippen LogP contribution in [-0.2, 0) is 19.0 Å². The van der Waals surface area contributed by atoms with E-state index in [2.05, 4.69) is 0 Å². The van der Waals surface area contributed by atoms with Crippen LogP contribution in [0.4, 0.5) is 26.3 Å². The molecule has 1 nitrogen and oxygen atoms in total. The Bertz CT molecular complexity index is 628. The van der Waals surface area contributed by atoms with Crippen LogP contribution in [0.1, 0.15) is 16.7 Å². The van der Waals surface area contributed by atoms with E-state index in [0.717, 1.165) is 36.4 Å². The van der Waals surface area contributed by atoms with Gasteiger partial charge in [0.05, 0.1) is 11.1 Å². The van der Waals surface area contributed by atoms with Crippen LogP contribution in [-0.4, -0.2) is 0 Å². The third-order valence-electron chi connectivity index (χ3n) is 2.84. The number of hydrogen-bond acceptors (Lipinski definition) is 1. The lowest BCUT2D eigenvalue weighted by Crippen LogP contribution is -2.06. The third-order valence-corrected chi connectivity index (χ3v) is 2.84. The maximum absolute atomic E-state index is 12.5. The highest BCUT2D eigenvalue weighted by molar-refractivity contribution is 5.30. The standard InChI is InChI=1S/C15H10F6O/c16-14(17,18)11-4-6-13(7-5-11)22-9-10-2-1-3-12(8-10)15(19,20)21/h1-8H,9H2. The minimum atomic E-state index is -4.45. The van der Waals surface area contributed by atoms with Crippen LogP contribution in [0.15, 0.2) is 48.5 Å². The lowest BCUT2D eigenvalue weighted by Gasteiger charge is -2.11. The highest BCUT2D eigenvalue weighted by atomic mass is 19.4. The second-order valence-corrected chi connectivity index (χ2v) is 4.51. The van der Waals surface area contributed by atoms with Gasteiger partial charge < -0.3 is 4.74 Å². The first-order chi connectivity index (χ1) is 10.2. The molecule has 0 radical (unpaired) electrons. The molecule has 0 atom stereocenters. The molecule has 0 aliphatic heterocycles. The Morgan fingerprint density at radius 2 is 1.32 bits per heavy atom. The molecule has 0 heterocycles. The van der Waals surface area contributed by atoms with Gasteiger partial charge in [0.25, 0.3) is 0 Å². The molecular weight excluding hydrogens is 310 g/mol. The summed E-state index contributed by atoms with van der Waals surface area (Å²) in [6, 6.07) is 8.50. The summed E-state index contributed by atoms with van der Waals surface area (Å²) in [7, 11) is 0. The van der Waals surface area contributed by atoms with Crippen molar-refractivity contribution in [2.24, 2.45) is 0 Å². The van der Waals surface area contributed by atoms with Crippen molar-refractivity contribution in [2.75, 3.05) is 0 Å². The SMILES string of the molecule is FC(F)(F)c1ccc(OCc2cccc(C(F)(F)F)c2)cc1. The minimum absolute atomic E-state index is 0.144. The molecule has 0 amide bonds.